The van der Waals surface area contributed by atoms with E-state index in [1.165, 1.54) is 7.11 Å². The molecule has 1 aromatic rings. The second-order valence-electron chi connectivity index (χ2n) is 1.47. The number of hydrogen-bond donors (Lipinski definition) is 0. The summed E-state index contributed by atoms with van der Waals surface area (Å²) in [5.41, 5.74) is 0.900. The summed E-state index contributed by atoms with van der Waals surface area (Å²) in [4.78, 5) is 4.44. The molecule has 1 rings (SSSR count). The predicted molar refractivity (Wildman–Crippen MR) is 33.3 cm³/mol. The molecular weight excluding hydrogens is 118 g/mol. The van der Waals surface area contributed by atoms with Crippen LogP contribution in [0.15, 0.2) is 28.2 Å². The number of rotatable bonds is 2. The highest BCUT2D eigenvalue weighted by atomic mass is 16.6. The van der Waals surface area contributed by atoms with Crippen LogP contribution >= 0.6 is 0 Å². The average molecular weight is 125 g/mol. The van der Waals surface area contributed by atoms with E-state index in [1.54, 1.807) is 24.8 Å². The van der Waals surface area contributed by atoms with Crippen LogP contribution in [0.1, 0.15) is 5.56 Å². The molecule has 0 N–H and O–H groups in total. The summed E-state index contributed by atoms with van der Waals surface area (Å²) in [6.07, 6.45) is 4.74. The molecule has 1 heterocycles. The molecule has 1 aromatic heterocycles. The van der Waals surface area contributed by atoms with E-state index in [9.17, 15) is 0 Å². The van der Waals surface area contributed by atoms with Gasteiger partial charge < -0.3 is 9.25 Å². The first-order valence-electron chi connectivity index (χ1n) is 2.52. The molecule has 0 radical (unpaired) electrons. The topological polar surface area (TPSA) is 34.7 Å². The fourth-order valence-electron chi connectivity index (χ4n) is 0.462. The van der Waals surface area contributed by atoms with Crippen LogP contribution in [0.2, 0.25) is 0 Å². The monoisotopic (exact) mass is 125 g/mol. The minimum absolute atomic E-state index is 0.900. The summed E-state index contributed by atoms with van der Waals surface area (Å²) >= 11 is 0. The van der Waals surface area contributed by atoms with Gasteiger partial charge in [0.05, 0.1) is 18.7 Å². The third-order valence-electron chi connectivity index (χ3n) is 0.850. The SMILES string of the molecule is CO/N=C/c1ccoc1. The van der Waals surface area contributed by atoms with E-state index in [0.717, 1.165) is 5.56 Å². The Balaban J connectivity index is 2.57. The van der Waals surface area contributed by atoms with Gasteiger partial charge in [0.15, 0.2) is 0 Å². The standard InChI is InChI=1S/C6H7NO2/c1-8-7-4-6-2-3-9-5-6/h2-5H,1H3/b7-4+. The Bertz CT molecular complexity index is 179. The highest BCUT2D eigenvalue weighted by Crippen LogP contribution is 1.94. The molecule has 0 spiro atoms. The smallest absolute Gasteiger partial charge is 0.106 e. The first kappa shape index (κ1) is 5.88. The molecule has 3 nitrogen and oxygen atoms in total. The van der Waals surface area contributed by atoms with Gasteiger partial charge in [-0.05, 0) is 6.07 Å². The zero-order valence-corrected chi connectivity index (χ0v) is 5.07. The van der Waals surface area contributed by atoms with Crippen LogP contribution in [0.5, 0.6) is 0 Å². The molecule has 0 aliphatic carbocycles. The Morgan fingerprint density at radius 3 is 3.22 bits per heavy atom. The second kappa shape index (κ2) is 2.91. The molecule has 0 saturated heterocycles. The minimum atomic E-state index is 0.900. The van der Waals surface area contributed by atoms with E-state index in [4.69, 9.17) is 4.42 Å². The van der Waals surface area contributed by atoms with Crippen molar-refractivity contribution in [2.24, 2.45) is 5.16 Å². The summed E-state index contributed by atoms with van der Waals surface area (Å²) in [7, 11) is 1.50. The zero-order valence-electron chi connectivity index (χ0n) is 5.07. The van der Waals surface area contributed by atoms with Crippen molar-refractivity contribution in [2.45, 2.75) is 0 Å². The second-order valence-corrected chi connectivity index (χ2v) is 1.47. The van der Waals surface area contributed by atoms with Crippen molar-refractivity contribution in [1.29, 1.82) is 0 Å². The van der Waals surface area contributed by atoms with Crippen LogP contribution < -0.4 is 0 Å². The summed E-state index contributed by atoms with van der Waals surface area (Å²) < 4.78 is 4.76. The van der Waals surface area contributed by atoms with Gasteiger partial charge in [-0.1, -0.05) is 5.16 Å². The van der Waals surface area contributed by atoms with E-state index in [1.807, 2.05) is 0 Å². The van der Waals surface area contributed by atoms with Gasteiger partial charge in [0, 0.05) is 5.56 Å². The zero-order chi connectivity index (χ0) is 6.53. The van der Waals surface area contributed by atoms with Crippen LogP contribution in [-0.2, 0) is 4.84 Å². The van der Waals surface area contributed by atoms with Crippen molar-refractivity contribution < 1.29 is 9.25 Å². The molecule has 0 fully saturated rings. The number of oxime groups is 1. The maximum Gasteiger partial charge on any atom is 0.106 e. The quantitative estimate of drug-likeness (QED) is 0.440. The molecule has 0 aromatic carbocycles. The fourth-order valence-corrected chi connectivity index (χ4v) is 0.462. The van der Waals surface area contributed by atoms with E-state index < -0.39 is 0 Å². The summed E-state index contributed by atoms with van der Waals surface area (Å²) in [5.74, 6) is 0. The average Bonchev–Trinajstić information content (AvgIpc) is 2.34. The first-order chi connectivity index (χ1) is 4.43. The summed E-state index contributed by atoms with van der Waals surface area (Å²) in [6, 6.07) is 1.79. The molecule has 0 aliphatic heterocycles. The molecular formula is C6H7NO2. The largest absolute Gasteiger partial charge is 0.472 e. The van der Waals surface area contributed by atoms with Crippen LogP contribution in [0, 0.1) is 0 Å². The van der Waals surface area contributed by atoms with Gasteiger partial charge >= 0.3 is 0 Å². The third kappa shape index (κ3) is 1.60. The Labute approximate surface area is 52.9 Å². The molecule has 3 heteroatoms. The van der Waals surface area contributed by atoms with Gasteiger partial charge in [-0.2, -0.15) is 0 Å². The molecule has 0 atom stereocenters. The first-order valence-corrected chi connectivity index (χ1v) is 2.52. The van der Waals surface area contributed by atoms with Gasteiger partial charge in [-0.3, -0.25) is 0 Å². The highest BCUT2D eigenvalue weighted by Gasteiger charge is 1.84. The summed E-state index contributed by atoms with van der Waals surface area (Å²) in [5, 5.41) is 3.53. The maximum absolute atomic E-state index is 4.76. The molecule has 9 heavy (non-hydrogen) atoms. The van der Waals surface area contributed by atoms with Gasteiger partial charge in [0.2, 0.25) is 0 Å². The lowest BCUT2D eigenvalue weighted by Gasteiger charge is -1.80. The number of furan rings is 1. The third-order valence-corrected chi connectivity index (χ3v) is 0.850. The van der Waals surface area contributed by atoms with Crippen molar-refractivity contribution >= 4 is 6.21 Å². The Kier molecular flexibility index (Phi) is 1.90. The molecule has 0 aliphatic rings. The van der Waals surface area contributed by atoms with Gasteiger partial charge in [0.25, 0.3) is 0 Å². The van der Waals surface area contributed by atoms with E-state index in [2.05, 4.69) is 9.99 Å². The molecule has 0 saturated carbocycles. The van der Waals surface area contributed by atoms with Gasteiger partial charge in [-0.25, -0.2) is 0 Å². The van der Waals surface area contributed by atoms with Crippen LogP contribution in [0.3, 0.4) is 0 Å². The lowest BCUT2D eigenvalue weighted by atomic mass is 10.4. The Morgan fingerprint density at radius 2 is 2.67 bits per heavy atom. The predicted octanol–water partition coefficient (Wildman–Crippen LogP) is 1.26. The van der Waals surface area contributed by atoms with Crippen LogP contribution in [0.25, 0.3) is 0 Å². The Hall–Kier alpha value is -1.25. The van der Waals surface area contributed by atoms with E-state index in [0.29, 0.717) is 0 Å². The molecule has 0 amide bonds. The lowest BCUT2D eigenvalue weighted by molar-refractivity contribution is 0.215. The van der Waals surface area contributed by atoms with E-state index in [-0.39, 0.29) is 0 Å². The van der Waals surface area contributed by atoms with Gasteiger partial charge in [-0.15, -0.1) is 0 Å². The lowest BCUT2D eigenvalue weighted by Crippen LogP contribution is -1.74. The van der Waals surface area contributed by atoms with Crippen molar-refractivity contribution in [3.8, 4) is 0 Å². The number of hydrogen-bond acceptors (Lipinski definition) is 3. The van der Waals surface area contributed by atoms with Crippen LogP contribution in [0.4, 0.5) is 0 Å². The van der Waals surface area contributed by atoms with Crippen molar-refractivity contribution in [1.82, 2.24) is 0 Å². The molecule has 48 valence electrons. The summed E-state index contributed by atoms with van der Waals surface area (Å²) in [6.45, 7) is 0. The normalized spacial score (nSPS) is 10.3. The Morgan fingerprint density at radius 1 is 1.78 bits per heavy atom. The minimum Gasteiger partial charge on any atom is -0.472 e. The maximum atomic E-state index is 4.76. The molecule has 0 bridgehead atoms. The van der Waals surface area contributed by atoms with E-state index >= 15 is 0 Å². The van der Waals surface area contributed by atoms with Crippen molar-refractivity contribution in [3.63, 3.8) is 0 Å². The van der Waals surface area contributed by atoms with Gasteiger partial charge in [0.1, 0.15) is 7.11 Å². The van der Waals surface area contributed by atoms with Crippen molar-refractivity contribution in [3.05, 3.63) is 24.2 Å². The van der Waals surface area contributed by atoms with Crippen LogP contribution in [-0.4, -0.2) is 13.3 Å². The van der Waals surface area contributed by atoms with Crippen molar-refractivity contribution in [2.75, 3.05) is 7.11 Å². The highest BCUT2D eigenvalue weighted by molar-refractivity contribution is 5.78. The fraction of sp³-hybridized carbons (Fsp3) is 0.167. The molecule has 0 unspecified atom stereocenters. The number of nitrogens with zero attached hydrogens (tertiary/aromatic N) is 1.